The molecule has 0 fully saturated rings. The van der Waals surface area contributed by atoms with E-state index < -0.39 is 0 Å². The monoisotopic (exact) mass is 461 g/mol. The van der Waals surface area contributed by atoms with Gasteiger partial charge in [-0.1, -0.05) is 12.1 Å². The van der Waals surface area contributed by atoms with Crippen LogP contribution in [0.15, 0.2) is 29.3 Å². The first-order chi connectivity index (χ1) is 11.4. The highest BCUT2D eigenvalue weighted by molar-refractivity contribution is 14.0. The van der Waals surface area contributed by atoms with Crippen molar-refractivity contribution in [1.29, 1.82) is 0 Å². The predicted molar refractivity (Wildman–Crippen MR) is 116 cm³/mol. The minimum Gasteiger partial charge on any atom is -0.357 e. The van der Waals surface area contributed by atoms with Crippen molar-refractivity contribution in [3.63, 3.8) is 0 Å². The lowest BCUT2D eigenvalue weighted by Gasteiger charge is -2.14. The Kier molecular flexibility index (Phi) is 12.2. The second-order valence-corrected chi connectivity index (χ2v) is 6.25. The molecule has 0 heterocycles. The molecule has 0 aromatic heterocycles. The zero-order valence-corrected chi connectivity index (χ0v) is 18.3. The zero-order valence-electron chi connectivity index (χ0n) is 15.9. The van der Waals surface area contributed by atoms with Gasteiger partial charge in [-0.3, -0.25) is 4.79 Å². The molecule has 1 aromatic carbocycles. The third-order valence-electron chi connectivity index (χ3n) is 3.22. The highest BCUT2D eigenvalue weighted by Gasteiger charge is 2.06. The van der Waals surface area contributed by atoms with Crippen LogP contribution in [0.2, 0.25) is 0 Å². The predicted octanol–water partition coefficient (Wildman–Crippen LogP) is 2.06. The van der Waals surface area contributed by atoms with Gasteiger partial charge in [-0.15, -0.1) is 24.0 Å². The van der Waals surface area contributed by atoms with Crippen LogP contribution in [0, 0.1) is 0 Å². The average Bonchev–Trinajstić information content (AvgIpc) is 2.52. The molecule has 0 bridgehead atoms. The van der Waals surface area contributed by atoms with Crippen molar-refractivity contribution < 1.29 is 4.79 Å². The molecule has 0 unspecified atom stereocenters. The second kappa shape index (κ2) is 12.9. The number of nitrogens with zero attached hydrogens (tertiary/aromatic N) is 2. The number of likely N-dealkylation sites (N-methyl/N-ethyl adjacent to an activating group) is 1. The fraction of sp³-hybridized carbons (Fsp3) is 0.556. The van der Waals surface area contributed by atoms with Crippen LogP contribution >= 0.6 is 24.0 Å². The number of hydrogen-bond acceptors (Lipinski definition) is 3. The molecule has 1 aromatic rings. The molecule has 0 saturated carbocycles. The molecule has 0 atom stereocenters. The van der Waals surface area contributed by atoms with Crippen LogP contribution in [0.5, 0.6) is 0 Å². The Balaban J connectivity index is 0.00000576. The van der Waals surface area contributed by atoms with Gasteiger partial charge in [0.25, 0.3) is 5.91 Å². The van der Waals surface area contributed by atoms with Crippen LogP contribution in [-0.2, 0) is 6.54 Å². The lowest BCUT2D eigenvalue weighted by Crippen LogP contribution is -2.41. The summed E-state index contributed by atoms with van der Waals surface area (Å²) in [6.07, 6.45) is 0. The number of hydrogen-bond donors (Lipinski definition) is 3. The van der Waals surface area contributed by atoms with Gasteiger partial charge in [-0.05, 0) is 52.6 Å². The Morgan fingerprint density at radius 3 is 2.56 bits per heavy atom. The van der Waals surface area contributed by atoms with E-state index in [2.05, 4.69) is 34.8 Å². The largest absolute Gasteiger partial charge is 0.357 e. The summed E-state index contributed by atoms with van der Waals surface area (Å²) in [7, 11) is 3.97. The topological polar surface area (TPSA) is 68.8 Å². The van der Waals surface area contributed by atoms with Crippen molar-refractivity contribution in [3.05, 3.63) is 35.4 Å². The van der Waals surface area contributed by atoms with E-state index in [0.29, 0.717) is 24.7 Å². The number of carbonyl (C=O) groups excluding carboxylic acids is 1. The van der Waals surface area contributed by atoms with Gasteiger partial charge in [0.1, 0.15) is 0 Å². The van der Waals surface area contributed by atoms with Gasteiger partial charge < -0.3 is 20.9 Å². The molecule has 0 aliphatic rings. The summed E-state index contributed by atoms with van der Waals surface area (Å²) < 4.78 is 0. The summed E-state index contributed by atoms with van der Waals surface area (Å²) in [5.74, 6) is 0.739. The van der Waals surface area contributed by atoms with Gasteiger partial charge in [0, 0.05) is 31.2 Å². The number of rotatable bonds is 8. The maximum atomic E-state index is 12.2. The van der Waals surface area contributed by atoms with Crippen molar-refractivity contribution in [2.45, 2.75) is 33.4 Å². The standard InChI is InChI=1S/C18H31N5O.HI/c1-6-19-18(22-14(2)3)21-13-15-8-7-9-16(12-15)17(24)20-10-11-23(4)5;/h7-9,12,14H,6,10-11,13H2,1-5H3,(H,20,24)(H2,19,21,22);1H. The lowest BCUT2D eigenvalue weighted by molar-refractivity contribution is 0.0951. The molecule has 0 saturated heterocycles. The summed E-state index contributed by atoms with van der Waals surface area (Å²) in [5.41, 5.74) is 1.68. The fourth-order valence-electron chi connectivity index (χ4n) is 2.07. The number of amides is 1. The first-order valence-electron chi connectivity index (χ1n) is 8.49. The number of halogens is 1. The number of nitrogens with one attached hydrogen (secondary N) is 3. The Hall–Kier alpha value is -1.35. The maximum Gasteiger partial charge on any atom is 0.251 e. The van der Waals surface area contributed by atoms with Crippen molar-refractivity contribution in [2.75, 3.05) is 33.7 Å². The summed E-state index contributed by atoms with van der Waals surface area (Å²) in [6.45, 7) is 8.99. The van der Waals surface area contributed by atoms with E-state index in [1.54, 1.807) is 0 Å². The van der Waals surface area contributed by atoms with Gasteiger partial charge in [0.05, 0.1) is 6.54 Å². The molecule has 1 rings (SSSR count). The van der Waals surface area contributed by atoms with Gasteiger partial charge in [0.15, 0.2) is 5.96 Å². The molecule has 0 spiro atoms. The maximum absolute atomic E-state index is 12.2. The smallest absolute Gasteiger partial charge is 0.251 e. The molecule has 7 heteroatoms. The quantitative estimate of drug-likeness (QED) is 0.315. The molecule has 0 radical (unpaired) electrons. The van der Waals surface area contributed by atoms with Crippen LogP contribution in [0.4, 0.5) is 0 Å². The normalized spacial score (nSPS) is 11.2. The van der Waals surface area contributed by atoms with E-state index in [1.807, 2.05) is 50.2 Å². The molecule has 0 aliphatic carbocycles. The first-order valence-corrected chi connectivity index (χ1v) is 8.49. The Labute approximate surface area is 168 Å². The number of guanidine groups is 1. The molecule has 0 aliphatic heterocycles. The van der Waals surface area contributed by atoms with E-state index in [-0.39, 0.29) is 29.9 Å². The van der Waals surface area contributed by atoms with Gasteiger partial charge >= 0.3 is 0 Å². The molecule has 1 amide bonds. The third kappa shape index (κ3) is 10.3. The molecular formula is C18H32IN5O. The zero-order chi connectivity index (χ0) is 17.9. The highest BCUT2D eigenvalue weighted by atomic mass is 127. The fourth-order valence-corrected chi connectivity index (χ4v) is 2.07. The van der Waals surface area contributed by atoms with Gasteiger partial charge in [0.2, 0.25) is 0 Å². The van der Waals surface area contributed by atoms with Crippen molar-refractivity contribution in [1.82, 2.24) is 20.9 Å². The van der Waals surface area contributed by atoms with E-state index in [4.69, 9.17) is 0 Å². The minimum absolute atomic E-state index is 0. The number of benzene rings is 1. The average molecular weight is 461 g/mol. The highest BCUT2D eigenvalue weighted by Crippen LogP contribution is 2.07. The van der Waals surface area contributed by atoms with Crippen LogP contribution in [0.25, 0.3) is 0 Å². The van der Waals surface area contributed by atoms with Gasteiger partial charge in [-0.25, -0.2) is 4.99 Å². The Morgan fingerprint density at radius 2 is 1.96 bits per heavy atom. The third-order valence-corrected chi connectivity index (χ3v) is 3.22. The molecule has 25 heavy (non-hydrogen) atoms. The molecule has 142 valence electrons. The van der Waals surface area contributed by atoms with Crippen LogP contribution in [-0.4, -0.2) is 56.5 Å². The van der Waals surface area contributed by atoms with Gasteiger partial charge in [-0.2, -0.15) is 0 Å². The van der Waals surface area contributed by atoms with E-state index in [9.17, 15) is 4.79 Å². The number of aliphatic imine (C=N–C) groups is 1. The molecule has 3 N–H and O–H groups in total. The molecular weight excluding hydrogens is 429 g/mol. The summed E-state index contributed by atoms with van der Waals surface area (Å²) in [5, 5.41) is 9.42. The minimum atomic E-state index is -0.0464. The first kappa shape index (κ1) is 23.6. The van der Waals surface area contributed by atoms with E-state index in [0.717, 1.165) is 24.6 Å². The van der Waals surface area contributed by atoms with Crippen LogP contribution in [0.1, 0.15) is 36.7 Å². The SMILES string of the molecule is CCNC(=NCc1cccc(C(=O)NCCN(C)C)c1)NC(C)C.I. The van der Waals surface area contributed by atoms with Crippen molar-refractivity contribution in [3.8, 4) is 0 Å². The van der Waals surface area contributed by atoms with Crippen LogP contribution < -0.4 is 16.0 Å². The molecule has 6 nitrogen and oxygen atoms in total. The Morgan fingerprint density at radius 1 is 1.24 bits per heavy atom. The van der Waals surface area contributed by atoms with E-state index in [1.165, 1.54) is 0 Å². The second-order valence-electron chi connectivity index (χ2n) is 6.25. The summed E-state index contributed by atoms with van der Waals surface area (Å²) >= 11 is 0. The number of carbonyl (C=O) groups is 1. The summed E-state index contributed by atoms with van der Waals surface area (Å²) in [4.78, 5) is 18.8. The summed E-state index contributed by atoms with van der Waals surface area (Å²) in [6, 6.07) is 7.92. The lowest BCUT2D eigenvalue weighted by atomic mass is 10.1. The van der Waals surface area contributed by atoms with Crippen molar-refractivity contribution >= 4 is 35.8 Å². The van der Waals surface area contributed by atoms with E-state index >= 15 is 0 Å². The Bertz CT molecular complexity index is 546. The van der Waals surface area contributed by atoms with Crippen molar-refractivity contribution in [2.24, 2.45) is 4.99 Å². The van der Waals surface area contributed by atoms with Crippen LogP contribution in [0.3, 0.4) is 0 Å².